The first-order chi connectivity index (χ1) is 27.3. The highest BCUT2D eigenvalue weighted by Gasteiger charge is 2.43. The van der Waals surface area contributed by atoms with Crippen LogP contribution in [-0.4, -0.2) is 0 Å². The Morgan fingerprint density at radius 2 is 0.983 bits per heavy atom. The summed E-state index contributed by atoms with van der Waals surface area (Å²) >= 11 is 2.01. The Kier molecular flexibility index (Phi) is 8.64. The van der Waals surface area contributed by atoms with Gasteiger partial charge in [-0.05, 0) is 113 Å². The van der Waals surface area contributed by atoms with Gasteiger partial charge in [-0.2, -0.15) is 0 Å². The summed E-state index contributed by atoms with van der Waals surface area (Å²) in [6, 6.07) is 31.7. The van der Waals surface area contributed by atoms with E-state index in [-0.39, 0.29) is 32.5 Å². The molecule has 0 saturated heterocycles. The second kappa shape index (κ2) is 12.7. The molecule has 0 amide bonds. The van der Waals surface area contributed by atoms with Gasteiger partial charge in [-0.15, -0.1) is 11.3 Å². The minimum atomic E-state index is -0.108. The van der Waals surface area contributed by atoms with E-state index >= 15 is 0 Å². The zero-order chi connectivity index (χ0) is 42.6. The van der Waals surface area contributed by atoms with E-state index in [1.165, 1.54) is 98.1 Å². The normalized spacial score (nSPS) is 18.4. The third-order valence-corrected chi connectivity index (χ3v) is 16.0. The maximum Gasteiger partial charge on any atom is 0.0434 e. The first-order valence-electron chi connectivity index (χ1n) is 22.2. The lowest BCUT2D eigenvalue weighted by atomic mass is 9.69. The van der Waals surface area contributed by atoms with Crippen molar-refractivity contribution in [2.75, 3.05) is 0 Å². The molecular weight excluding hydrogens is 729 g/mol. The summed E-state index contributed by atoms with van der Waals surface area (Å²) in [4.78, 5) is 0. The largest absolute Gasteiger partial charge is 0.134 e. The van der Waals surface area contributed by atoms with E-state index in [0.717, 1.165) is 6.42 Å². The second-order valence-electron chi connectivity index (χ2n) is 23.5. The SMILES string of the molecule is CC(C)(C)c1cc(-c2cccc3c2sc2c(-c4cc(C(C)(C)C)cc5c4-c4ccc(C(C)(C)C)cc4C5(C)C)cccc23)c2c(c1)C(C)(C)C1=C2C=CC(C(C)(C)C)C1. The molecule has 1 unspecified atom stereocenters. The van der Waals surface area contributed by atoms with Gasteiger partial charge in [-0.3, -0.25) is 0 Å². The fraction of sp³-hybridized carbons (Fsp3) is 0.414. The molecule has 3 aliphatic carbocycles. The Morgan fingerprint density at radius 3 is 1.49 bits per heavy atom. The van der Waals surface area contributed by atoms with Crippen LogP contribution in [0.15, 0.2) is 96.6 Å². The Balaban J connectivity index is 1.32. The van der Waals surface area contributed by atoms with Crippen molar-refractivity contribution in [2.45, 2.75) is 144 Å². The van der Waals surface area contributed by atoms with Gasteiger partial charge >= 0.3 is 0 Å². The van der Waals surface area contributed by atoms with Gasteiger partial charge in [-0.1, -0.05) is 195 Å². The minimum absolute atomic E-state index is 0.00661. The number of benzene rings is 5. The molecule has 6 aromatic rings. The number of hydrogen-bond acceptors (Lipinski definition) is 1. The van der Waals surface area contributed by atoms with E-state index in [4.69, 9.17) is 0 Å². The summed E-state index contributed by atoms with van der Waals surface area (Å²) in [6.07, 6.45) is 6.14. The van der Waals surface area contributed by atoms with Gasteiger partial charge < -0.3 is 0 Å². The van der Waals surface area contributed by atoms with Crippen molar-refractivity contribution in [3.63, 3.8) is 0 Å². The van der Waals surface area contributed by atoms with Crippen molar-refractivity contribution in [3.8, 4) is 33.4 Å². The molecule has 0 saturated carbocycles. The molecule has 59 heavy (non-hydrogen) atoms. The van der Waals surface area contributed by atoms with Crippen LogP contribution < -0.4 is 0 Å². The monoisotopic (exact) mass is 794 g/mol. The molecule has 0 nitrogen and oxygen atoms in total. The number of fused-ring (bicyclic) bond motifs is 8. The van der Waals surface area contributed by atoms with Crippen LogP contribution in [0.4, 0.5) is 0 Å². The van der Waals surface area contributed by atoms with Crippen molar-refractivity contribution >= 4 is 37.1 Å². The van der Waals surface area contributed by atoms with Gasteiger partial charge in [-0.25, -0.2) is 0 Å². The van der Waals surface area contributed by atoms with Crippen LogP contribution >= 0.6 is 11.3 Å². The van der Waals surface area contributed by atoms with Crippen molar-refractivity contribution in [1.82, 2.24) is 0 Å². The molecule has 1 aromatic heterocycles. The molecule has 0 spiro atoms. The number of hydrogen-bond donors (Lipinski definition) is 0. The van der Waals surface area contributed by atoms with Crippen molar-refractivity contribution < 1.29 is 0 Å². The molecule has 0 radical (unpaired) electrons. The van der Waals surface area contributed by atoms with Crippen molar-refractivity contribution in [1.29, 1.82) is 0 Å². The number of thiophene rings is 1. The first-order valence-corrected chi connectivity index (χ1v) is 23.0. The van der Waals surface area contributed by atoms with Crippen LogP contribution in [0, 0.1) is 11.3 Å². The topological polar surface area (TPSA) is 0 Å². The van der Waals surface area contributed by atoms with Crippen LogP contribution in [-0.2, 0) is 27.1 Å². The molecule has 0 N–H and O–H groups in total. The lowest BCUT2D eigenvalue weighted by Gasteiger charge is -2.35. The molecule has 1 heteroatoms. The molecule has 9 rings (SSSR count). The Morgan fingerprint density at radius 1 is 0.492 bits per heavy atom. The number of allylic oxidation sites excluding steroid dienone is 4. The standard InChI is InChI=1S/C58H66S/c1-53(2,3)33-23-25-41-45(29-33)57(13,14)47-31-35(55(7,8)9)27-43(49(41)47)39-21-17-19-37-38-20-18-22-40(52(38)59-51(37)39)44-28-36(56(10,11)12)32-48-50(44)42-26-24-34(54(4,5)6)30-46(42)58(48,15)16/h17-29,31-32,34H,30H2,1-16H3. The Bertz CT molecular complexity index is 2810. The van der Waals surface area contributed by atoms with Gasteiger partial charge in [0.2, 0.25) is 0 Å². The lowest BCUT2D eigenvalue weighted by molar-refractivity contribution is 0.283. The first kappa shape index (κ1) is 40.2. The van der Waals surface area contributed by atoms with Crippen LogP contribution in [0.1, 0.15) is 156 Å². The van der Waals surface area contributed by atoms with E-state index in [0.29, 0.717) is 5.92 Å². The maximum absolute atomic E-state index is 2.56. The second-order valence-corrected chi connectivity index (χ2v) is 24.6. The Hall–Kier alpha value is -4.20. The van der Waals surface area contributed by atoms with Gasteiger partial charge in [0.15, 0.2) is 0 Å². The molecule has 1 atom stereocenters. The molecule has 0 aliphatic heterocycles. The zero-order valence-electron chi connectivity index (χ0n) is 38.9. The van der Waals surface area contributed by atoms with Crippen LogP contribution in [0.25, 0.3) is 59.1 Å². The highest BCUT2D eigenvalue weighted by atomic mass is 32.1. The molecule has 0 fully saturated rings. The average molecular weight is 795 g/mol. The fourth-order valence-corrected chi connectivity index (χ4v) is 11.9. The van der Waals surface area contributed by atoms with E-state index < -0.39 is 0 Å². The summed E-state index contributed by atoms with van der Waals surface area (Å²) in [5.74, 6) is 0.529. The van der Waals surface area contributed by atoms with Gasteiger partial charge in [0, 0.05) is 42.1 Å². The third kappa shape index (κ3) is 6.10. The summed E-state index contributed by atoms with van der Waals surface area (Å²) in [6.45, 7) is 38.3. The van der Waals surface area contributed by atoms with Crippen LogP contribution in [0.2, 0.25) is 0 Å². The van der Waals surface area contributed by atoms with Gasteiger partial charge in [0.05, 0.1) is 0 Å². The molecule has 5 aromatic carbocycles. The van der Waals surface area contributed by atoms with E-state index in [1.54, 1.807) is 5.57 Å². The maximum atomic E-state index is 2.56. The predicted octanol–water partition coefficient (Wildman–Crippen LogP) is 17.3. The highest BCUT2D eigenvalue weighted by molar-refractivity contribution is 7.26. The third-order valence-electron chi connectivity index (χ3n) is 14.7. The minimum Gasteiger partial charge on any atom is -0.134 e. The smallest absolute Gasteiger partial charge is 0.0434 e. The van der Waals surface area contributed by atoms with E-state index in [9.17, 15) is 0 Å². The molecule has 0 bridgehead atoms. The molecular formula is C58H66S. The summed E-state index contributed by atoms with van der Waals surface area (Å²) in [7, 11) is 0. The van der Waals surface area contributed by atoms with Crippen LogP contribution in [0.5, 0.6) is 0 Å². The molecule has 1 heterocycles. The lowest BCUT2D eigenvalue weighted by Crippen LogP contribution is -2.26. The average Bonchev–Trinajstić information content (AvgIpc) is 3.72. The predicted molar refractivity (Wildman–Crippen MR) is 261 cm³/mol. The van der Waals surface area contributed by atoms with Gasteiger partial charge in [0.25, 0.3) is 0 Å². The van der Waals surface area contributed by atoms with E-state index in [1.807, 2.05) is 11.3 Å². The van der Waals surface area contributed by atoms with Crippen LogP contribution in [0.3, 0.4) is 0 Å². The zero-order valence-corrected chi connectivity index (χ0v) is 39.7. The van der Waals surface area contributed by atoms with E-state index in [2.05, 4.69) is 202 Å². The number of rotatable bonds is 2. The highest BCUT2D eigenvalue weighted by Crippen LogP contribution is 2.59. The van der Waals surface area contributed by atoms with Crippen molar-refractivity contribution in [2.24, 2.45) is 11.3 Å². The summed E-state index contributed by atoms with van der Waals surface area (Å²) < 4.78 is 2.77. The fourth-order valence-electron chi connectivity index (χ4n) is 10.6. The summed E-state index contributed by atoms with van der Waals surface area (Å²) in [5, 5.41) is 2.71. The Labute approximate surface area is 359 Å². The van der Waals surface area contributed by atoms with Crippen molar-refractivity contribution in [3.05, 3.63) is 136 Å². The summed E-state index contributed by atoms with van der Waals surface area (Å²) in [5.41, 5.74) is 21.6. The molecule has 3 aliphatic rings. The quantitative estimate of drug-likeness (QED) is 0.164. The molecule has 304 valence electrons. The van der Waals surface area contributed by atoms with Gasteiger partial charge in [0.1, 0.15) is 0 Å².